The Kier molecular flexibility index (Phi) is 7.01. The van der Waals surface area contributed by atoms with Gasteiger partial charge in [0.05, 0.1) is 0 Å². The summed E-state index contributed by atoms with van der Waals surface area (Å²) in [7, 11) is 0. The molecule has 2 aliphatic rings. The van der Waals surface area contributed by atoms with Gasteiger partial charge in [-0.15, -0.1) is 0 Å². The molecule has 0 unspecified atom stereocenters. The van der Waals surface area contributed by atoms with Crippen LogP contribution in [0.2, 0.25) is 0 Å². The van der Waals surface area contributed by atoms with Gasteiger partial charge in [0, 0.05) is 12.0 Å². The summed E-state index contributed by atoms with van der Waals surface area (Å²) < 4.78 is 6.32. The molecular formula is C26H36O4. The lowest BCUT2D eigenvalue weighted by Crippen LogP contribution is -2.45. The molecular weight excluding hydrogens is 376 g/mol. The van der Waals surface area contributed by atoms with Crippen molar-refractivity contribution < 1.29 is 19.4 Å². The normalized spacial score (nSPS) is 22.6. The predicted octanol–water partition coefficient (Wildman–Crippen LogP) is 6.31. The zero-order valence-electron chi connectivity index (χ0n) is 19.7. The molecule has 0 bridgehead atoms. The number of allylic oxidation sites excluding steroid dienone is 7. The Morgan fingerprint density at radius 3 is 2.23 bits per heavy atom. The van der Waals surface area contributed by atoms with Gasteiger partial charge in [0.15, 0.2) is 11.6 Å². The van der Waals surface area contributed by atoms with Gasteiger partial charge < -0.3 is 9.84 Å². The molecule has 2 rings (SSSR count). The van der Waals surface area contributed by atoms with Crippen molar-refractivity contribution in [2.75, 3.05) is 0 Å². The van der Waals surface area contributed by atoms with Gasteiger partial charge in [0.1, 0.15) is 28.1 Å². The Hall–Kier alpha value is -2.36. The molecule has 164 valence electrons. The van der Waals surface area contributed by atoms with E-state index in [1.165, 1.54) is 0 Å². The number of ketones is 2. The molecule has 0 spiro atoms. The predicted molar refractivity (Wildman–Crippen MR) is 121 cm³/mol. The number of rotatable bonds is 7. The molecule has 1 heterocycles. The Bertz CT molecular complexity index is 882. The molecule has 0 amide bonds. The van der Waals surface area contributed by atoms with E-state index in [1.54, 1.807) is 0 Å². The first-order valence-electron chi connectivity index (χ1n) is 10.7. The van der Waals surface area contributed by atoms with E-state index in [-0.39, 0.29) is 35.2 Å². The van der Waals surface area contributed by atoms with Crippen molar-refractivity contribution in [2.24, 2.45) is 11.3 Å². The smallest absolute Gasteiger partial charge is 0.188 e. The van der Waals surface area contributed by atoms with Crippen molar-refractivity contribution in [3.8, 4) is 0 Å². The average Bonchev–Trinajstić information content (AvgIpc) is 2.59. The van der Waals surface area contributed by atoms with E-state index in [0.29, 0.717) is 24.2 Å². The molecule has 1 N–H and O–H groups in total. The van der Waals surface area contributed by atoms with Gasteiger partial charge in [-0.2, -0.15) is 0 Å². The zero-order valence-corrected chi connectivity index (χ0v) is 19.7. The molecule has 0 radical (unpaired) electrons. The van der Waals surface area contributed by atoms with Gasteiger partial charge in [-0.25, -0.2) is 0 Å². The molecule has 0 aromatic carbocycles. The maximum absolute atomic E-state index is 13.8. The van der Waals surface area contributed by atoms with Crippen LogP contribution in [0.5, 0.6) is 0 Å². The van der Waals surface area contributed by atoms with Gasteiger partial charge in [-0.3, -0.25) is 9.59 Å². The van der Waals surface area contributed by atoms with Gasteiger partial charge in [-0.05, 0) is 66.4 Å². The molecule has 0 fully saturated rings. The number of aliphatic hydroxyl groups excluding tert-OH is 1. The van der Waals surface area contributed by atoms with Crippen molar-refractivity contribution in [1.82, 2.24) is 0 Å². The number of hydrogen-bond acceptors (Lipinski definition) is 4. The molecule has 0 saturated carbocycles. The highest BCUT2D eigenvalue weighted by Crippen LogP contribution is 2.50. The Labute approximate surface area is 181 Å². The topological polar surface area (TPSA) is 63.6 Å². The first-order chi connectivity index (χ1) is 13.8. The lowest BCUT2D eigenvalue weighted by molar-refractivity contribution is -0.128. The molecule has 4 heteroatoms. The maximum Gasteiger partial charge on any atom is 0.188 e. The highest BCUT2D eigenvalue weighted by atomic mass is 16.5. The van der Waals surface area contributed by atoms with Crippen LogP contribution in [0.15, 0.2) is 58.1 Å². The van der Waals surface area contributed by atoms with Crippen LogP contribution in [0, 0.1) is 11.3 Å². The third-order valence-corrected chi connectivity index (χ3v) is 5.39. The number of carbonyl (C=O) groups is 2. The highest BCUT2D eigenvalue weighted by Gasteiger charge is 2.52. The third-order valence-electron chi connectivity index (χ3n) is 5.39. The quantitative estimate of drug-likeness (QED) is 0.393. The van der Waals surface area contributed by atoms with Gasteiger partial charge in [-0.1, -0.05) is 43.2 Å². The molecule has 0 saturated heterocycles. The molecule has 0 aromatic heterocycles. The number of hydrogen-bond donors (Lipinski definition) is 1. The lowest BCUT2D eigenvalue weighted by atomic mass is 9.66. The van der Waals surface area contributed by atoms with E-state index < -0.39 is 11.0 Å². The SMILES string of the molecule is CC(C)=CCC1=C2OC(C)(C)C=C[C@]2(CC=C(C)C)C(=O)C(C(=O)CC(C)C)=C1O. The van der Waals surface area contributed by atoms with Gasteiger partial charge in [0.25, 0.3) is 0 Å². The molecule has 30 heavy (non-hydrogen) atoms. The van der Waals surface area contributed by atoms with E-state index in [2.05, 4.69) is 0 Å². The van der Waals surface area contributed by atoms with E-state index in [1.807, 2.05) is 79.7 Å². The lowest BCUT2D eigenvalue weighted by Gasteiger charge is -2.43. The molecule has 1 aliphatic carbocycles. The maximum atomic E-state index is 13.8. The molecule has 4 nitrogen and oxygen atoms in total. The van der Waals surface area contributed by atoms with Gasteiger partial charge >= 0.3 is 0 Å². The van der Waals surface area contributed by atoms with Gasteiger partial charge in [0.2, 0.25) is 0 Å². The first-order valence-corrected chi connectivity index (χ1v) is 10.7. The summed E-state index contributed by atoms with van der Waals surface area (Å²) in [6, 6.07) is 0. The summed E-state index contributed by atoms with van der Waals surface area (Å²) in [5.74, 6) is -0.351. The van der Waals surface area contributed by atoms with E-state index in [9.17, 15) is 14.7 Å². The second-order valence-electron chi connectivity index (χ2n) is 9.86. The van der Waals surface area contributed by atoms with Crippen LogP contribution >= 0.6 is 0 Å². The summed E-state index contributed by atoms with van der Waals surface area (Å²) in [6.07, 6.45) is 8.75. The first kappa shape index (κ1) is 23.9. The van der Waals surface area contributed by atoms with Crippen LogP contribution in [0.4, 0.5) is 0 Å². The van der Waals surface area contributed by atoms with Crippen molar-refractivity contribution in [1.29, 1.82) is 0 Å². The summed E-state index contributed by atoms with van der Waals surface area (Å²) in [4.78, 5) is 26.8. The van der Waals surface area contributed by atoms with Crippen LogP contribution < -0.4 is 0 Å². The second-order valence-corrected chi connectivity index (χ2v) is 9.86. The fraction of sp³-hybridized carbons (Fsp3) is 0.538. The van der Waals surface area contributed by atoms with E-state index in [4.69, 9.17) is 4.74 Å². The fourth-order valence-corrected chi connectivity index (χ4v) is 3.75. The molecule has 1 atom stereocenters. The average molecular weight is 413 g/mol. The molecule has 1 aliphatic heterocycles. The minimum absolute atomic E-state index is 0.0836. The minimum Gasteiger partial charge on any atom is -0.507 e. The number of carbonyl (C=O) groups excluding carboxylic acids is 2. The number of Topliss-reactive ketones (excluding diaryl/α,β-unsaturated/α-hetero) is 2. The monoisotopic (exact) mass is 412 g/mol. The van der Waals surface area contributed by atoms with Crippen LogP contribution in [0.25, 0.3) is 0 Å². The zero-order chi connectivity index (χ0) is 22.9. The van der Waals surface area contributed by atoms with Crippen molar-refractivity contribution in [3.05, 3.63) is 58.1 Å². The van der Waals surface area contributed by atoms with Crippen molar-refractivity contribution in [2.45, 2.75) is 80.3 Å². The highest BCUT2D eigenvalue weighted by molar-refractivity contribution is 6.25. The summed E-state index contributed by atoms with van der Waals surface area (Å²) in [5, 5.41) is 11.1. The van der Waals surface area contributed by atoms with Crippen LogP contribution in [0.3, 0.4) is 0 Å². The fourth-order valence-electron chi connectivity index (χ4n) is 3.75. The third kappa shape index (κ3) is 4.85. The van der Waals surface area contributed by atoms with Crippen LogP contribution in [0.1, 0.15) is 74.7 Å². The van der Waals surface area contributed by atoms with E-state index in [0.717, 1.165) is 11.1 Å². The van der Waals surface area contributed by atoms with Crippen LogP contribution in [-0.2, 0) is 14.3 Å². The Morgan fingerprint density at radius 2 is 1.70 bits per heavy atom. The summed E-state index contributed by atoms with van der Waals surface area (Å²) in [6.45, 7) is 15.6. The summed E-state index contributed by atoms with van der Waals surface area (Å²) in [5.41, 5.74) is 0.895. The van der Waals surface area contributed by atoms with Crippen molar-refractivity contribution in [3.63, 3.8) is 0 Å². The number of aliphatic hydroxyl groups is 1. The second kappa shape index (κ2) is 8.79. The standard InChI is InChI=1S/C26H36O4/c1-16(2)9-10-19-22(28)21(20(27)15-18(5)6)23(29)26(12-11-17(3)4)14-13-25(7,8)30-24(19)26/h9,11,13-14,18,28H,10,12,15H2,1-8H3/t26-/m1/s1. The summed E-state index contributed by atoms with van der Waals surface area (Å²) >= 11 is 0. The Balaban J connectivity index is 2.82. The van der Waals surface area contributed by atoms with Crippen molar-refractivity contribution >= 4 is 11.6 Å². The largest absolute Gasteiger partial charge is 0.507 e. The van der Waals surface area contributed by atoms with E-state index >= 15 is 0 Å². The Morgan fingerprint density at radius 1 is 1.10 bits per heavy atom. The molecule has 0 aromatic rings. The minimum atomic E-state index is -1.11. The number of fused-ring (bicyclic) bond motifs is 1. The van der Waals surface area contributed by atoms with Crippen LogP contribution in [-0.4, -0.2) is 22.3 Å². The number of ether oxygens (including phenoxy) is 1.